The third-order valence-corrected chi connectivity index (χ3v) is 4.18. The highest BCUT2D eigenvalue weighted by atomic mass is 15.3. The summed E-state index contributed by atoms with van der Waals surface area (Å²) in [5, 5.41) is 0. The molecule has 92 valence electrons. The van der Waals surface area contributed by atoms with E-state index in [9.17, 15) is 0 Å². The van der Waals surface area contributed by atoms with Crippen LogP contribution in [0, 0.1) is 12.8 Å². The zero-order valence-corrected chi connectivity index (χ0v) is 10.6. The van der Waals surface area contributed by atoms with Crippen LogP contribution in [0.2, 0.25) is 0 Å². The quantitative estimate of drug-likeness (QED) is 0.731. The first-order valence-corrected chi connectivity index (χ1v) is 6.47. The summed E-state index contributed by atoms with van der Waals surface area (Å²) < 4.78 is 0. The van der Waals surface area contributed by atoms with E-state index in [1.807, 2.05) is 6.20 Å². The van der Waals surface area contributed by atoms with Gasteiger partial charge >= 0.3 is 0 Å². The summed E-state index contributed by atoms with van der Waals surface area (Å²) in [4.78, 5) is 13.5. The molecule has 0 aliphatic carbocycles. The van der Waals surface area contributed by atoms with E-state index >= 15 is 0 Å². The van der Waals surface area contributed by atoms with Crippen LogP contribution in [0.4, 0.5) is 5.82 Å². The molecule has 4 heteroatoms. The topological polar surface area (TPSA) is 32.3 Å². The van der Waals surface area contributed by atoms with Gasteiger partial charge in [-0.05, 0) is 39.3 Å². The van der Waals surface area contributed by atoms with Crippen LogP contribution < -0.4 is 4.90 Å². The lowest BCUT2D eigenvalue weighted by atomic mass is 9.93. The Kier molecular flexibility index (Phi) is 2.74. The molecule has 2 saturated heterocycles. The molecule has 2 aliphatic heterocycles. The Hall–Kier alpha value is -1.16. The minimum Gasteiger partial charge on any atom is -0.353 e. The zero-order valence-electron chi connectivity index (χ0n) is 10.6. The van der Waals surface area contributed by atoms with Crippen LogP contribution in [0.25, 0.3) is 0 Å². The van der Waals surface area contributed by atoms with Crippen molar-refractivity contribution in [2.24, 2.45) is 5.92 Å². The number of aryl methyl sites for hydroxylation is 1. The summed E-state index contributed by atoms with van der Waals surface area (Å²) in [5.74, 6) is 1.97. The summed E-state index contributed by atoms with van der Waals surface area (Å²) in [6.45, 7) is 5.71. The average Bonchev–Trinajstić information content (AvgIpc) is 2.72. The Bertz CT molecular complexity index is 406. The molecular formula is C13H20N4. The molecule has 2 aliphatic rings. The van der Waals surface area contributed by atoms with Crippen LogP contribution in [-0.2, 0) is 0 Å². The third-order valence-electron chi connectivity index (χ3n) is 4.18. The van der Waals surface area contributed by atoms with Crippen molar-refractivity contribution in [3.63, 3.8) is 0 Å². The second-order valence-electron chi connectivity index (χ2n) is 5.39. The van der Waals surface area contributed by atoms with Gasteiger partial charge in [0.15, 0.2) is 0 Å². The third kappa shape index (κ3) is 1.90. The number of likely N-dealkylation sites (tertiary alicyclic amines) is 1. The molecule has 0 aromatic carbocycles. The van der Waals surface area contributed by atoms with E-state index in [1.54, 1.807) is 6.33 Å². The van der Waals surface area contributed by atoms with E-state index in [2.05, 4.69) is 33.7 Å². The van der Waals surface area contributed by atoms with E-state index in [0.717, 1.165) is 18.3 Å². The van der Waals surface area contributed by atoms with Crippen molar-refractivity contribution < 1.29 is 0 Å². The summed E-state index contributed by atoms with van der Waals surface area (Å²) in [6.07, 6.45) is 6.16. The number of hydrogen-bond donors (Lipinski definition) is 0. The Morgan fingerprint density at radius 1 is 1.29 bits per heavy atom. The predicted molar refractivity (Wildman–Crippen MR) is 68.1 cm³/mol. The minimum atomic E-state index is 0.694. The molecule has 0 radical (unpaired) electrons. The van der Waals surface area contributed by atoms with Gasteiger partial charge in [0.05, 0.1) is 0 Å². The number of aromatic nitrogens is 2. The van der Waals surface area contributed by atoms with Crippen LogP contribution in [0.5, 0.6) is 0 Å². The van der Waals surface area contributed by atoms with Crippen molar-refractivity contribution in [2.45, 2.75) is 25.8 Å². The van der Waals surface area contributed by atoms with Crippen LogP contribution in [0.3, 0.4) is 0 Å². The largest absolute Gasteiger partial charge is 0.353 e. The summed E-state index contributed by atoms with van der Waals surface area (Å²) in [6, 6.07) is 0.694. The lowest BCUT2D eigenvalue weighted by Crippen LogP contribution is -2.44. The molecule has 2 atom stereocenters. The van der Waals surface area contributed by atoms with Crippen LogP contribution in [0.1, 0.15) is 18.4 Å². The van der Waals surface area contributed by atoms with Crippen molar-refractivity contribution in [1.82, 2.24) is 14.9 Å². The standard InChI is InChI=1S/C13H20N4/c1-10-7-14-9-15-13(10)17-6-3-11-8-16(2)5-4-12(11)17/h7,9,11-12H,3-6,8H2,1-2H3/t11-,12?/m1/s1. The molecule has 0 saturated carbocycles. The van der Waals surface area contributed by atoms with Gasteiger partial charge in [-0.1, -0.05) is 0 Å². The maximum absolute atomic E-state index is 4.47. The molecule has 2 fully saturated rings. The second-order valence-corrected chi connectivity index (χ2v) is 5.39. The van der Waals surface area contributed by atoms with Crippen molar-refractivity contribution in [3.8, 4) is 0 Å². The van der Waals surface area contributed by atoms with Crippen LogP contribution in [-0.4, -0.2) is 47.6 Å². The Morgan fingerprint density at radius 3 is 3.00 bits per heavy atom. The van der Waals surface area contributed by atoms with Gasteiger partial charge in [-0.3, -0.25) is 0 Å². The van der Waals surface area contributed by atoms with Gasteiger partial charge < -0.3 is 9.80 Å². The molecular weight excluding hydrogens is 212 g/mol. The zero-order chi connectivity index (χ0) is 11.8. The smallest absolute Gasteiger partial charge is 0.135 e. The number of piperidine rings is 1. The summed E-state index contributed by atoms with van der Waals surface area (Å²) in [7, 11) is 2.23. The maximum atomic E-state index is 4.47. The SMILES string of the molecule is Cc1cncnc1N1CC[C@@H]2CN(C)CCC21. The van der Waals surface area contributed by atoms with Crippen molar-refractivity contribution in [2.75, 3.05) is 31.6 Å². The molecule has 17 heavy (non-hydrogen) atoms. The Morgan fingerprint density at radius 2 is 2.18 bits per heavy atom. The number of anilines is 1. The maximum Gasteiger partial charge on any atom is 0.135 e. The van der Waals surface area contributed by atoms with Gasteiger partial charge in [-0.25, -0.2) is 9.97 Å². The highest BCUT2D eigenvalue weighted by Gasteiger charge is 2.38. The Balaban J connectivity index is 1.84. The Labute approximate surface area is 103 Å². The second kappa shape index (κ2) is 4.26. The predicted octanol–water partition coefficient (Wildman–Crippen LogP) is 1.32. The van der Waals surface area contributed by atoms with Crippen molar-refractivity contribution in [1.29, 1.82) is 0 Å². The first-order valence-electron chi connectivity index (χ1n) is 6.47. The lowest BCUT2D eigenvalue weighted by molar-refractivity contribution is 0.202. The number of nitrogens with zero attached hydrogens (tertiary/aromatic N) is 4. The minimum absolute atomic E-state index is 0.694. The van der Waals surface area contributed by atoms with Gasteiger partial charge in [0.2, 0.25) is 0 Å². The number of fused-ring (bicyclic) bond motifs is 1. The average molecular weight is 232 g/mol. The fourth-order valence-corrected chi connectivity index (χ4v) is 3.32. The molecule has 1 aromatic rings. The summed E-state index contributed by atoms with van der Waals surface area (Å²) >= 11 is 0. The molecule has 0 spiro atoms. The van der Waals surface area contributed by atoms with Gasteiger partial charge in [-0.2, -0.15) is 0 Å². The van der Waals surface area contributed by atoms with E-state index in [0.29, 0.717) is 6.04 Å². The normalized spacial score (nSPS) is 29.4. The number of rotatable bonds is 1. The van der Waals surface area contributed by atoms with E-state index in [-0.39, 0.29) is 0 Å². The van der Waals surface area contributed by atoms with E-state index < -0.39 is 0 Å². The molecule has 0 amide bonds. The highest BCUT2D eigenvalue weighted by molar-refractivity contribution is 5.47. The van der Waals surface area contributed by atoms with E-state index in [4.69, 9.17) is 0 Å². The monoisotopic (exact) mass is 232 g/mol. The van der Waals surface area contributed by atoms with Crippen molar-refractivity contribution >= 4 is 5.82 Å². The molecule has 3 rings (SSSR count). The van der Waals surface area contributed by atoms with E-state index in [1.165, 1.54) is 31.5 Å². The summed E-state index contributed by atoms with van der Waals surface area (Å²) in [5.41, 5.74) is 1.20. The molecule has 1 aromatic heterocycles. The van der Waals surface area contributed by atoms with Crippen LogP contribution in [0.15, 0.2) is 12.5 Å². The number of hydrogen-bond acceptors (Lipinski definition) is 4. The first-order chi connectivity index (χ1) is 8.25. The van der Waals surface area contributed by atoms with Gasteiger partial charge in [0, 0.05) is 30.9 Å². The molecule has 0 N–H and O–H groups in total. The van der Waals surface area contributed by atoms with Gasteiger partial charge in [0.1, 0.15) is 12.1 Å². The molecule has 3 heterocycles. The lowest BCUT2D eigenvalue weighted by Gasteiger charge is -2.36. The molecule has 1 unspecified atom stereocenters. The fraction of sp³-hybridized carbons (Fsp3) is 0.692. The molecule has 0 bridgehead atoms. The molecule has 4 nitrogen and oxygen atoms in total. The highest BCUT2D eigenvalue weighted by Crippen LogP contribution is 2.34. The van der Waals surface area contributed by atoms with Gasteiger partial charge in [0.25, 0.3) is 0 Å². The van der Waals surface area contributed by atoms with Crippen LogP contribution >= 0.6 is 0 Å². The van der Waals surface area contributed by atoms with Gasteiger partial charge in [-0.15, -0.1) is 0 Å². The first kappa shape index (κ1) is 11.0. The van der Waals surface area contributed by atoms with Crippen molar-refractivity contribution in [3.05, 3.63) is 18.1 Å². The fourth-order valence-electron chi connectivity index (χ4n) is 3.32.